The number of nitrogens with zero attached hydrogens (tertiary/aromatic N) is 1. The molecule has 0 spiro atoms. The number of fused-ring (bicyclic) bond motifs is 1. The maximum atomic E-state index is 14.0. The van der Waals surface area contributed by atoms with Crippen molar-refractivity contribution in [2.24, 2.45) is 0 Å². The van der Waals surface area contributed by atoms with Crippen molar-refractivity contribution in [2.75, 3.05) is 29.7 Å². The fourth-order valence-electron chi connectivity index (χ4n) is 4.99. The van der Waals surface area contributed by atoms with Crippen LogP contribution in [0.5, 0.6) is 11.5 Å². The lowest BCUT2D eigenvalue weighted by atomic mass is 9.91. The van der Waals surface area contributed by atoms with Gasteiger partial charge >= 0.3 is 0 Å². The molecule has 200 valence electrons. The van der Waals surface area contributed by atoms with Gasteiger partial charge in [0.15, 0.2) is 0 Å². The molecule has 39 heavy (non-hydrogen) atoms. The molecule has 0 saturated heterocycles. The van der Waals surface area contributed by atoms with Gasteiger partial charge in [-0.3, -0.25) is 4.79 Å². The molecule has 0 bridgehead atoms. The summed E-state index contributed by atoms with van der Waals surface area (Å²) in [7, 11) is 3.41. The highest BCUT2D eigenvalue weighted by atomic mass is 19.1. The SMILES string of the molecule is COc1cc(Nc2ccccc2)ccc1-c1ccc2c(c1COc1cc(F)ccc1C)N(C)C(=O)C(C)(C)N2. The number of carbonyl (C=O) groups is 1. The molecule has 0 aliphatic carbocycles. The molecule has 1 amide bonds. The molecular formula is C32H32FN3O3. The molecule has 0 radical (unpaired) electrons. The average molecular weight is 526 g/mol. The summed E-state index contributed by atoms with van der Waals surface area (Å²) in [5.74, 6) is 0.678. The minimum Gasteiger partial charge on any atom is -0.496 e. The van der Waals surface area contributed by atoms with Crippen LogP contribution in [0.3, 0.4) is 0 Å². The molecule has 0 atom stereocenters. The van der Waals surface area contributed by atoms with Crippen LogP contribution in [0.1, 0.15) is 25.0 Å². The number of halogens is 1. The van der Waals surface area contributed by atoms with Crippen molar-refractivity contribution in [1.82, 2.24) is 0 Å². The molecule has 1 heterocycles. The number of aryl methyl sites for hydroxylation is 1. The molecule has 1 aliphatic rings. The lowest BCUT2D eigenvalue weighted by Gasteiger charge is -2.39. The van der Waals surface area contributed by atoms with Crippen molar-refractivity contribution in [1.29, 1.82) is 0 Å². The van der Waals surface area contributed by atoms with Crippen LogP contribution < -0.4 is 25.0 Å². The number of anilines is 4. The highest BCUT2D eigenvalue weighted by Gasteiger charge is 2.38. The van der Waals surface area contributed by atoms with E-state index in [1.165, 1.54) is 12.1 Å². The number of amides is 1. The Morgan fingerprint density at radius 3 is 2.41 bits per heavy atom. The molecular weight excluding hydrogens is 493 g/mol. The molecule has 5 rings (SSSR count). The van der Waals surface area contributed by atoms with Gasteiger partial charge in [-0.2, -0.15) is 0 Å². The summed E-state index contributed by atoms with van der Waals surface area (Å²) in [6.07, 6.45) is 0. The lowest BCUT2D eigenvalue weighted by Crippen LogP contribution is -2.52. The molecule has 2 N–H and O–H groups in total. The van der Waals surface area contributed by atoms with Crippen molar-refractivity contribution in [3.8, 4) is 22.6 Å². The zero-order valence-electron chi connectivity index (χ0n) is 22.8. The van der Waals surface area contributed by atoms with Gasteiger partial charge in [0.2, 0.25) is 0 Å². The van der Waals surface area contributed by atoms with Crippen molar-refractivity contribution < 1.29 is 18.7 Å². The van der Waals surface area contributed by atoms with Gasteiger partial charge in [-0.05, 0) is 68.3 Å². The van der Waals surface area contributed by atoms with E-state index in [9.17, 15) is 9.18 Å². The summed E-state index contributed by atoms with van der Waals surface area (Å²) < 4.78 is 26.0. The van der Waals surface area contributed by atoms with Gasteiger partial charge in [0.25, 0.3) is 5.91 Å². The maximum Gasteiger partial charge on any atom is 0.251 e. The summed E-state index contributed by atoms with van der Waals surface area (Å²) in [5, 5.41) is 6.77. The third-order valence-electron chi connectivity index (χ3n) is 6.98. The Morgan fingerprint density at radius 2 is 1.67 bits per heavy atom. The van der Waals surface area contributed by atoms with Crippen molar-refractivity contribution in [3.05, 3.63) is 95.8 Å². The van der Waals surface area contributed by atoms with E-state index in [0.29, 0.717) is 11.5 Å². The van der Waals surface area contributed by atoms with Gasteiger partial charge in [-0.15, -0.1) is 0 Å². The normalized spacial score (nSPS) is 13.9. The Bertz CT molecular complexity index is 1540. The summed E-state index contributed by atoms with van der Waals surface area (Å²) in [4.78, 5) is 14.9. The third-order valence-corrected chi connectivity index (χ3v) is 6.98. The number of hydrogen-bond acceptors (Lipinski definition) is 5. The number of hydrogen-bond donors (Lipinski definition) is 2. The second kappa shape index (κ2) is 10.3. The van der Waals surface area contributed by atoms with Crippen LogP contribution in [-0.4, -0.2) is 25.6 Å². The summed E-state index contributed by atoms with van der Waals surface area (Å²) in [6, 6.07) is 24.3. The Hall–Kier alpha value is -4.52. The number of nitrogens with one attached hydrogen (secondary N) is 2. The number of para-hydroxylation sites is 1. The largest absolute Gasteiger partial charge is 0.496 e. The highest BCUT2D eigenvalue weighted by Crippen LogP contribution is 2.45. The molecule has 4 aromatic rings. The van der Waals surface area contributed by atoms with E-state index in [1.54, 1.807) is 25.1 Å². The number of ether oxygens (including phenoxy) is 2. The van der Waals surface area contributed by atoms with Gasteiger partial charge in [0, 0.05) is 41.7 Å². The topological polar surface area (TPSA) is 62.8 Å². The number of rotatable bonds is 7. The first kappa shape index (κ1) is 26.1. The monoisotopic (exact) mass is 525 g/mol. The Labute approximate surface area is 228 Å². The first-order valence-electron chi connectivity index (χ1n) is 12.8. The van der Waals surface area contributed by atoms with Crippen LogP contribution in [0.15, 0.2) is 78.9 Å². The Kier molecular flexibility index (Phi) is 6.91. The van der Waals surface area contributed by atoms with Crippen molar-refractivity contribution in [3.63, 3.8) is 0 Å². The van der Waals surface area contributed by atoms with E-state index in [-0.39, 0.29) is 18.3 Å². The minimum atomic E-state index is -0.761. The molecule has 0 aromatic heterocycles. The summed E-state index contributed by atoms with van der Waals surface area (Å²) in [5.41, 5.74) is 5.94. The molecule has 0 fully saturated rings. The van der Waals surface area contributed by atoms with E-state index in [0.717, 1.165) is 45.0 Å². The lowest BCUT2D eigenvalue weighted by molar-refractivity contribution is -0.121. The molecule has 4 aromatic carbocycles. The van der Waals surface area contributed by atoms with Gasteiger partial charge in [-0.1, -0.05) is 30.3 Å². The van der Waals surface area contributed by atoms with E-state index in [1.807, 2.05) is 81.4 Å². The van der Waals surface area contributed by atoms with E-state index in [2.05, 4.69) is 10.6 Å². The predicted octanol–water partition coefficient (Wildman–Crippen LogP) is 7.30. The van der Waals surface area contributed by atoms with Crippen LogP contribution in [0.4, 0.5) is 27.1 Å². The second-order valence-corrected chi connectivity index (χ2v) is 10.2. The second-order valence-electron chi connectivity index (χ2n) is 10.2. The third kappa shape index (κ3) is 5.12. The Balaban J connectivity index is 1.61. The standard InChI is InChI=1S/C32H32FN3O3/c1-20-11-12-21(33)17-28(20)39-19-26-24(15-16-27-30(26)36(4)31(37)32(2,3)35-27)25-14-13-23(18-29(25)38-5)34-22-9-7-6-8-10-22/h6-18,34-35H,19H2,1-5H3. The van der Waals surface area contributed by atoms with Gasteiger partial charge in [-0.25, -0.2) is 4.39 Å². The number of carbonyl (C=O) groups excluding carboxylic acids is 1. The van der Waals surface area contributed by atoms with Crippen LogP contribution in [-0.2, 0) is 11.4 Å². The smallest absolute Gasteiger partial charge is 0.251 e. The summed E-state index contributed by atoms with van der Waals surface area (Å²) >= 11 is 0. The van der Waals surface area contributed by atoms with E-state index < -0.39 is 5.54 Å². The van der Waals surface area contributed by atoms with Crippen molar-refractivity contribution >= 4 is 28.7 Å². The Morgan fingerprint density at radius 1 is 0.923 bits per heavy atom. The van der Waals surface area contributed by atoms with Gasteiger partial charge in [0.05, 0.1) is 18.5 Å². The maximum absolute atomic E-state index is 14.0. The number of methoxy groups -OCH3 is 1. The first-order valence-corrected chi connectivity index (χ1v) is 12.8. The van der Waals surface area contributed by atoms with Crippen LogP contribution >= 0.6 is 0 Å². The number of likely N-dealkylation sites (N-methyl/N-ethyl adjacent to an activating group) is 1. The predicted molar refractivity (Wildman–Crippen MR) is 155 cm³/mol. The van der Waals surface area contributed by atoms with Crippen LogP contribution in [0, 0.1) is 12.7 Å². The first-order chi connectivity index (χ1) is 18.7. The zero-order chi connectivity index (χ0) is 27.7. The van der Waals surface area contributed by atoms with Crippen LogP contribution in [0.25, 0.3) is 11.1 Å². The van der Waals surface area contributed by atoms with Crippen molar-refractivity contribution in [2.45, 2.75) is 32.9 Å². The zero-order valence-corrected chi connectivity index (χ0v) is 22.8. The van der Waals surface area contributed by atoms with Gasteiger partial charge in [0.1, 0.15) is 29.5 Å². The molecule has 0 saturated carbocycles. The quantitative estimate of drug-likeness (QED) is 0.265. The molecule has 0 unspecified atom stereocenters. The fraction of sp³-hybridized carbons (Fsp3) is 0.219. The molecule has 1 aliphatic heterocycles. The van der Waals surface area contributed by atoms with Crippen LogP contribution in [0.2, 0.25) is 0 Å². The molecule has 7 heteroatoms. The average Bonchev–Trinajstić information content (AvgIpc) is 2.92. The molecule has 6 nitrogen and oxygen atoms in total. The highest BCUT2D eigenvalue weighted by molar-refractivity contribution is 6.08. The van der Waals surface area contributed by atoms with E-state index in [4.69, 9.17) is 9.47 Å². The fourth-order valence-corrected chi connectivity index (χ4v) is 4.99. The number of benzene rings is 4. The minimum absolute atomic E-state index is 0.0651. The summed E-state index contributed by atoms with van der Waals surface area (Å²) in [6.45, 7) is 5.71. The van der Waals surface area contributed by atoms with E-state index >= 15 is 0 Å². The van der Waals surface area contributed by atoms with Gasteiger partial charge < -0.3 is 25.0 Å².